The van der Waals surface area contributed by atoms with Gasteiger partial charge in [0.15, 0.2) is 11.5 Å². The summed E-state index contributed by atoms with van der Waals surface area (Å²) in [5.74, 6) is 1.61. The lowest BCUT2D eigenvalue weighted by Crippen LogP contribution is -2.32. The molecule has 0 saturated carbocycles. The summed E-state index contributed by atoms with van der Waals surface area (Å²) in [6.45, 7) is 3.64. The molecule has 22 heavy (non-hydrogen) atoms. The fourth-order valence-corrected chi connectivity index (χ4v) is 3.89. The molecule has 0 radical (unpaired) electrons. The molecule has 5 nitrogen and oxygen atoms in total. The number of methoxy groups -OCH3 is 2. The van der Waals surface area contributed by atoms with Gasteiger partial charge in [0.1, 0.15) is 5.37 Å². The number of thioether (sulfide) groups is 1. The molecule has 6 heteroatoms. The van der Waals surface area contributed by atoms with E-state index in [1.54, 1.807) is 26.0 Å². The molecule has 1 aromatic rings. The lowest BCUT2D eigenvalue weighted by Gasteiger charge is -2.24. The predicted molar refractivity (Wildman–Crippen MR) is 89.6 cm³/mol. The number of nitrogens with zero attached hydrogens (tertiary/aromatic N) is 1. The van der Waals surface area contributed by atoms with Gasteiger partial charge in [-0.25, -0.2) is 0 Å². The van der Waals surface area contributed by atoms with Gasteiger partial charge in [-0.05, 0) is 44.6 Å². The smallest absolute Gasteiger partial charge is 0.236 e. The summed E-state index contributed by atoms with van der Waals surface area (Å²) in [6.07, 6.45) is 0.944. The van der Waals surface area contributed by atoms with Crippen molar-refractivity contribution >= 4 is 17.7 Å². The van der Waals surface area contributed by atoms with E-state index in [1.165, 1.54) is 0 Å². The molecule has 0 spiro atoms. The number of ether oxygens (including phenoxy) is 2. The lowest BCUT2D eigenvalue weighted by atomic mass is 10.1. The van der Waals surface area contributed by atoms with Crippen molar-refractivity contribution in [1.29, 1.82) is 0 Å². The summed E-state index contributed by atoms with van der Waals surface area (Å²) < 4.78 is 10.7. The standard InChI is InChI=1S/C16H24N2O3S/c1-11-15(19)18(9-5-8-17-2)16(22-11)12-6-7-13(20-3)14(10-12)21-4/h6-7,10-11,16-17H,5,8-9H2,1-4H3/t11-,16-/m1/s1. The van der Waals surface area contributed by atoms with Crippen LogP contribution in [-0.2, 0) is 4.79 Å². The number of carbonyl (C=O) groups excluding carboxylic acids is 1. The molecular weight excluding hydrogens is 300 g/mol. The Kier molecular flexibility index (Phi) is 5.97. The van der Waals surface area contributed by atoms with E-state index in [9.17, 15) is 4.79 Å². The van der Waals surface area contributed by atoms with Crippen LogP contribution in [0.3, 0.4) is 0 Å². The first-order valence-electron chi connectivity index (χ1n) is 7.44. The Bertz CT molecular complexity index is 524. The van der Waals surface area contributed by atoms with E-state index in [0.717, 1.165) is 25.1 Å². The van der Waals surface area contributed by atoms with Crippen LogP contribution in [0.2, 0.25) is 0 Å². The second-order valence-electron chi connectivity index (χ2n) is 5.23. The summed E-state index contributed by atoms with van der Waals surface area (Å²) in [4.78, 5) is 14.4. The van der Waals surface area contributed by atoms with Gasteiger partial charge < -0.3 is 19.7 Å². The zero-order chi connectivity index (χ0) is 16.1. The molecule has 2 atom stereocenters. The summed E-state index contributed by atoms with van der Waals surface area (Å²) >= 11 is 1.69. The quantitative estimate of drug-likeness (QED) is 0.780. The zero-order valence-electron chi connectivity index (χ0n) is 13.6. The third kappa shape index (κ3) is 3.50. The molecule has 1 aliphatic rings. The first-order valence-corrected chi connectivity index (χ1v) is 8.39. The van der Waals surface area contributed by atoms with Crippen LogP contribution < -0.4 is 14.8 Å². The SMILES string of the molecule is CNCCCN1C(=O)[C@@H](C)S[C@@H]1c1ccc(OC)c(OC)c1. The van der Waals surface area contributed by atoms with Crippen molar-refractivity contribution < 1.29 is 14.3 Å². The van der Waals surface area contributed by atoms with Gasteiger partial charge in [-0.3, -0.25) is 4.79 Å². The van der Waals surface area contributed by atoms with Crippen molar-refractivity contribution in [3.63, 3.8) is 0 Å². The Morgan fingerprint density at radius 3 is 2.64 bits per heavy atom. The summed E-state index contributed by atoms with van der Waals surface area (Å²) in [5.41, 5.74) is 1.07. The minimum atomic E-state index is -0.00678. The molecule has 1 aliphatic heterocycles. The fourth-order valence-electron chi connectivity index (χ4n) is 2.59. The van der Waals surface area contributed by atoms with E-state index in [-0.39, 0.29) is 16.5 Å². The summed E-state index contributed by atoms with van der Waals surface area (Å²) in [7, 11) is 5.17. The molecule has 0 aliphatic carbocycles. The highest BCUT2D eigenvalue weighted by atomic mass is 32.2. The van der Waals surface area contributed by atoms with E-state index < -0.39 is 0 Å². The second-order valence-corrected chi connectivity index (χ2v) is 6.66. The van der Waals surface area contributed by atoms with Crippen molar-refractivity contribution in [2.45, 2.75) is 24.0 Å². The molecule has 2 rings (SSSR count). The first kappa shape index (κ1) is 17.0. The molecule has 1 N–H and O–H groups in total. The van der Waals surface area contributed by atoms with Gasteiger partial charge in [0.25, 0.3) is 0 Å². The molecule has 0 aromatic heterocycles. The predicted octanol–water partition coefficient (Wildman–Crippen LogP) is 2.28. The minimum Gasteiger partial charge on any atom is -0.493 e. The normalized spacial score (nSPS) is 21.3. The molecule has 1 saturated heterocycles. The highest BCUT2D eigenvalue weighted by molar-refractivity contribution is 8.01. The number of hydrogen-bond acceptors (Lipinski definition) is 5. The summed E-state index contributed by atoms with van der Waals surface area (Å²) in [5, 5.41) is 3.16. The van der Waals surface area contributed by atoms with E-state index in [4.69, 9.17) is 9.47 Å². The van der Waals surface area contributed by atoms with Crippen LogP contribution in [0, 0.1) is 0 Å². The monoisotopic (exact) mass is 324 g/mol. The highest BCUT2D eigenvalue weighted by Crippen LogP contribution is 2.44. The van der Waals surface area contributed by atoms with Crippen LogP contribution in [0.1, 0.15) is 24.3 Å². The number of rotatable bonds is 7. The van der Waals surface area contributed by atoms with Gasteiger partial charge in [-0.15, -0.1) is 11.8 Å². The lowest BCUT2D eigenvalue weighted by molar-refractivity contribution is -0.129. The van der Waals surface area contributed by atoms with Gasteiger partial charge >= 0.3 is 0 Å². The van der Waals surface area contributed by atoms with Crippen molar-refractivity contribution in [2.75, 3.05) is 34.4 Å². The maximum atomic E-state index is 12.4. The van der Waals surface area contributed by atoms with Crippen molar-refractivity contribution in [2.24, 2.45) is 0 Å². The van der Waals surface area contributed by atoms with Crippen LogP contribution in [0.15, 0.2) is 18.2 Å². The molecule has 1 aromatic carbocycles. The third-order valence-corrected chi connectivity index (χ3v) is 5.16. The van der Waals surface area contributed by atoms with Gasteiger partial charge in [0.2, 0.25) is 5.91 Å². The van der Waals surface area contributed by atoms with Crippen LogP contribution in [0.5, 0.6) is 11.5 Å². The molecule has 0 unspecified atom stereocenters. The van der Waals surface area contributed by atoms with Gasteiger partial charge in [0, 0.05) is 6.54 Å². The van der Waals surface area contributed by atoms with Crippen molar-refractivity contribution in [3.05, 3.63) is 23.8 Å². The largest absolute Gasteiger partial charge is 0.493 e. The average Bonchev–Trinajstić information content (AvgIpc) is 2.82. The Balaban J connectivity index is 2.22. The van der Waals surface area contributed by atoms with Gasteiger partial charge in [0.05, 0.1) is 19.5 Å². The maximum Gasteiger partial charge on any atom is 0.236 e. The molecule has 1 heterocycles. The van der Waals surface area contributed by atoms with Crippen LogP contribution in [-0.4, -0.2) is 50.4 Å². The second kappa shape index (κ2) is 7.74. The van der Waals surface area contributed by atoms with Gasteiger partial charge in [-0.2, -0.15) is 0 Å². The Morgan fingerprint density at radius 2 is 2.00 bits per heavy atom. The van der Waals surface area contributed by atoms with Gasteiger partial charge in [-0.1, -0.05) is 6.07 Å². The number of nitrogens with one attached hydrogen (secondary N) is 1. The third-order valence-electron chi connectivity index (χ3n) is 3.77. The van der Waals surface area contributed by atoms with E-state index in [2.05, 4.69) is 5.32 Å². The Morgan fingerprint density at radius 1 is 1.27 bits per heavy atom. The highest BCUT2D eigenvalue weighted by Gasteiger charge is 2.38. The topological polar surface area (TPSA) is 50.8 Å². The molecule has 1 fully saturated rings. The maximum absolute atomic E-state index is 12.4. The van der Waals surface area contributed by atoms with Crippen LogP contribution in [0.4, 0.5) is 0 Å². The first-order chi connectivity index (χ1) is 10.6. The number of amides is 1. The van der Waals surface area contributed by atoms with Crippen LogP contribution >= 0.6 is 11.8 Å². The molecular formula is C16H24N2O3S. The van der Waals surface area contributed by atoms with Crippen molar-refractivity contribution in [3.8, 4) is 11.5 Å². The summed E-state index contributed by atoms with van der Waals surface area (Å²) in [6, 6.07) is 5.87. The Hall–Kier alpha value is -1.40. The van der Waals surface area contributed by atoms with Crippen LogP contribution in [0.25, 0.3) is 0 Å². The molecule has 122 valence electrons. The average molecular weight is 324 g/mol. The van der Waals surface area contributed by atoms with E-state index in [0.29, 0.717) is 11.5 Å². The Labute approximate surface area is 136 Å². The van der Waals surface area contributed by atoms with Crippen molar-refractivity contribution in [1.82, 2.24) is 10.2 Å². The molecule has 1 amide bonds. The number of benzene rings is 1. The fraction of sp³-hybridized carbons (Fsp3) is 0.562. The number of carbonyl (C=O) groups is 1. The van der Waals surface area contributed by atoms with E-state index >= 15 is 0 Å². The van der Waals surface area contributed by atoms with E-state index in [1.807, 2.05) is 37.1 Å². The molecule has 0 bridgehead atoms. The minimum absolute atomic E-state index is 0.00678. The zero-order valence-corrected chi connectivity index (χ0v) is 14.4. The number of hydrogen-bond donors (Lipinski definition) is 1.